The average Bonchev–Trinajstić information content (AvgIpc) is 2.72. The number of amides is 1. The fraction of sp³-hybridized carbons (Fsp3) is 0.231. The van der Waals surface area contributed by atoms with Crippen molar-refractivity contribution in [3.05, 3.63) is 50.4 Å². The van der Waals surface area contributed by atoms with Crippen LogP contribution >= 0.6 is 22.9 Å². The van der Waals surface area contributed by atoms with Gasteiger partial charge in [0.15, 0.2) is 0 Å². The van der Waals surface area contributed by atoms with Crippen LogP contribution in [0.2, 0.25) is 5.02 Å². The van der Waals surface area contributed by atoms with E-state index in [1.54, 1.807) is 17.4 Å². The van der Waals surface area contributed by atoms with Gasteiger partial charge in [0.25, 0.3) is 5.91 Å². The van der Waals surface area contributed by atoms with Crippen LogP contribution in [0.25, 0.3) is 0 Å². The van der Waals surface area contributed by atoms with Gasteiger partial charge in [0.2, 0.25) is 0 Å². The predicted molar refractivity (Wildman–Crippen MR) is 74.2 cm³/mol. The molecule has 0 aliphatic carbocycles. The van der Waals surface area contributed by atoms with Gasteiger partial charge < -0.3 is 5.32 Å². The third-order valence-corrected chi connectivity index (χ3v) is 3.77. The quantitative estimate of drug-likeness (QED) is 0.937. The molecule has 0 aromatic carbocycles. The van der Waals surface area contributed by atoms with Gasteiger partial charge in [-0.25, -0.2) is 0 Å². The summed E-state index contributed by atoms with van der Waals surface area (Å²) in [7, 11) is 0. The second kappa shape index (κ2) is 5.50. The van der Waals surface area contributed by atoms with Gasteiger partial charge in [0.05, 0.1) is 17.1 Å². The van der Waals surface area contributed by atoms with Crippen LogP contribution in [0.4, 0.5) is 0 Å². The smallest absolute Gasteiger partial charge is 0.254 e. The molecule has 0 radical (unpaired) electrons. The first-order valence-corrected chi connectivity index (χ1v) is 6.71. The number of rotatable bonds is 3. The Morgan fingerprint density at radius 3 is 2.83 bits per heavy atom. The lowest BCUT2D eigenvalue weighted by Crippen LogP contribution is -2.22. The summed E-state index contributed by atoms with van der Waals surface area (Å²) in [5.41, 5.74) is 1.21. The molecule has 0 saturated carbocycles. The first-order valence-electron chi connectivity index (χ1n) is 5.52. The summed E-state index contributed by atoms with van der Waals surface area (Å²) in [4.78, 5) is 18.4. The Labute approximate surface area is 115 Å². The molecule has 2 aromatic rings. The lowest BCUT2D eigenvalue weighted by molar-refractivity contribution is 0.0951. The van der Waals surface area contributed by atoms with Crippen LogP contribution in [0.3, 0.4) is 0 Å². The molecule has 0 atom stereocenters. The second-order valence-corrected chi connectivity index (χ2v) is 5.78. The Morgan fingerprint density at radius 2 is 2.22 bits per heavy atom. The zero-order valence-electron chi connectivity index (χ0n) is 10.2. The first-order chi connectivity index (χ1) is 8.56. The van der Waals surface area contributed by atoms with E-state index in [1.165, 1.54) is 11.1 Å². The Kier molecular flexibility index (Phi) is 3.99. The van der Waals surface area contributed by atoms with Crippen molar-refractivity contribution in [3.63, 3.8) is 0 Å². The predicted octanol–water partition coefficient (Wildman–Crippen LogP) is 3.34. The van der Waals surface area contributed by atoms with Crippen molar-refractivity contribution >= 4 is 28.8 Å². The molecule has 1 N–H and O–H groups in total. The summed E-state index contributed by atoms with van der Waals surface area (Å²) in [5.74, 6) is -0.196. The Hall–Kier alpha value is -1.39. The van der Waals surface area contributed by atoms with Crippen LogP contribution in [0.15, 0.2) is 24.4 Å². The van der Waals surface area contributed by atoms with E-state index in [-0.39, 0.29) is 5.91 Å². The van der Waals surface area contributed by atoms with E-state index in [9.17, 15) is 4.79 Å². The highest BCUT2D eigenvalue weighted by atomic mass is 35.5. The summed E-state index contributed by atoms with van der Waals surface area (Å²) < 4.78 is 0. The van der Waals surface area contributed by atoms with Crippen LogP contribution in [-0.2, 0) is 6.54 Å². The number of thiophene rings is 1. The Morgan fingerprint density at radius 1 is 1.44 bits per heavy atom. The maximum atomic E-state index is 11.9. The van der Waals surface area contributed by atoms with Crippen LogP contribution in [0.5, 0.6) is 0 Å². The maximum absolute atomic E-state index is 11.9. The van der Waals surface area contributed by atoms with Gasteiger partial charge in [0, 0.05) is 21.6 Å². The van der Waals surface area contributed by atoms with Gasteiger partial charge in [-0.3, -0.25) is 9.78 Å². The number of halogens is 1. The van der Waals surface area contributed by atoms with E-state index in [4.69, 9.17) is 11.6 Å². The van der Waals surface area contributed by atoms with Gasteiger partial charge in [-0.15, -0.1) is 11.3 Å². The van der Waals surface area contributed by atoms with Crippen molar-refractivity contribution in [2.24, 2.45) is 0 Å². The number of nitrogens with zero attached hydrogens (tertiary/aromatic N) is 1. The zero-order chi connectivity index (χ0) is 13.1. The molecule has 0 fully saturated rings. The number of aromatic nitrogens is 1. The minimum absolute atomic E-state index is 0.196. The lowest BCUT2D eigenvalue weighted by atomic mass is 10.2. The monoisotopic (exact) mass is 280 g/mol. The molecule has 94 valence electrons. The highest BCUT2D eigenvalue weighted by Crippen LogP contribution is 2.17. The van der Waals surface area contributed by atoms with Gasteiger partial charge in [-0.1, -0.05) is 11.6 Å². The number of carbonyl (C=O) groups is 1. The number of pyridine rings is 1. The first kappa shape index (κ1) is 13.1. The molecule has 3 nitrogen and oxygen atoms in total. The van der Waals surface area contributed by atoms with Crippen molar-refractivity contribution in [1.29, 1.82) is 0 Å². The second-order valence-electron chi connectivity index (χ2n) is 4.00. The van der Waals surface area contributed by atoms with E-state index in [0.717, 1.165) is 10.6 Å². The molecule has 0 aliphatic rings. The number of hydrogen-bond donors (Lipinski definition) is 1. The van der Waals surface area contributed by atoms with Crippen molar-refractivity contribution in [1.82, 2.24) is 10.3 Å². The third kappa shape index (κ3) is 3.09. The summed E-state index contributed by atoms with van der Waals surface area (Å²) in [6.45, 7) is 4.39. The number of carbonyl (C=O) groups excluding carboxylic acids is 1. The molecule has 2 aromatic heterocycles. The molecule has 1 amide bonds. The molecule has 0 aliphatic heterocycles. The van der Waals surface area contributed by atoms with Crippen molar-refractivity contribution in [3.8, 4) is 0 Å². The summed E-state index contributed by atoms with van der Waals surface area (Å²) in [5, 5.41) is 3.27. The van der Waals surface area contributed by atoms with Gasteiger partial charge in [0.1, 0.15) is 0 Å². The molecule has 0 saturated heterocycles. The molecule has 2 heterocycles. The highest BCUT2D eigenvalue weighted by Gasteiger charge is 2.11. The molecule has 2 rings (SSSR count). The number of nitrogens with one attached hydrogen (secondary N) is 1. The standard InChI is InChI=1S/C13H13ClN2OS/c1-8-5-12(14)11(7-15-8)13(17)16-6-10-4-3-9(2)18-10/h3-5,7H,6H2,1-2H3,(H,16,17). The van der Waals surface area contributed by atoms with E-state index in [0.29, 0.717) is 17.1 Å². The van der Waals surface area contributed by atoms with E-state index in [2.05, 4.69) is 10.3 Å². The summed E-state index contributed by atoms with van der Waals surface area (Å²) >= 11 is 7.68. The fourth-order valence-electron chi connectivity index (χ4n) is 1.54. The largest absolute Gasteiger partial charge is 0.347 e. The number of hydrogen-bond acceptors (Lipinski definition) is 3. The van der Waals surface area contributed by atoms with Crippen LogP contribution in [-0.4, -0.2) is 10.9 Å². The average molecular weight is 281 g/mol. The third-order valence-electron chi connectivity index (χ3n) is 2.45. The number of aryl methyl sites for hydroxylation is 2. The molecular formula is C13H13ClN2OS. The van der Waals surface area contributed by atoms with Gasteiger partial charge in [-0.05, 0) is 32.0 Å². The molecule has 18 heavy (non-hydrogen) atoms. The Balaban J connectivity index is 2.03. The van der Waals surface area contributed by atoms with Crippen molar-refractivity contribution < 1.29 is 4.79 Å². The minimum atomic E-state index is -0.196. The maximum Gasteiger partial charge on any atom is 0.254 e. The fourth-order valence-corrected chi connectivity index (χ4v) is 2.66. The minimum Gasteiger partial charge on any atom is -0.347 e. The Bertz CT molecular complexity index is 580. The summed E-state index contributed by atoms with van der Waals surface area (Å²) in [6, 6.07) is 5.73. The SMILES string of the molecule is Cc1cc(Cl)c(C(=O)NCc2ccc(C)s2)cn1. The van der Waals surface area contributed by atoms with Crippen LogP contribution in [0.1, 0.15) is 25.8 Å². The van der Waals surface area contributed by atoms with Crippen molar-refractivity contribution in [2.45, 2.75) is 20.4 Å². The van der Waals surface area contributed by atoms with Crippen LogP contribution in [0, 0.1) is 13.8 Å². The van der Waals surface area contributed by atoms with Gasteiger partial charge >= 0.3 is 0 Å². The normalized spacial score (nSPS) is 10.4. The molecule has 0 bridgehead atoms. The molecule has 0 spiro atoms. The molecular weight excluding hydrogens is 268 g/mol. The van der Waals surface area contributed by atoms with Gasteiger partial charge in [-0.2, -0.15) is 0 Å². The zero-order valence-corrected chi connectivity index (χ0v) is 11.7. The highest BCUT2D eigenvalue weighted by molar-refractivity contribution is 7.11. The van der Waals surface area contributed by atoms with Crippen LogP contribution < -0.4 is 5.32 Å². The molecule has 5 heteroatoms. The topological polar surface area (TPSA) is 42.0 Å². The lowest BCUT2D eigenvalue weighted by Gasteiger charge is -2.05. The van der Waals surface area contributed by atoms with E-state index >= 15 is 0 Å². The summed E-state index contributed by atoms with van der Waals surface area (Å²) in [6.07, 6.45) is 1.51. The van der Waals surface area contributed by atoms with E-state index in [1.807, 2.05) is 26.0 Å². The van der Waals surface area contributed by atoms with E-state index < -0.39 is 0 Å². The molecule has 0 unspecified atom stereocenters. The van der Waals surface area contributed by atoms with Crippen molar-refractivity contribution in [2.75, 3.05) is 0 Å².